The molecule has 2 aromatic carbocycles. The van der Waals surface area contributed by atoms with Gasteiger partial charge in [-0.05, 0) is 35.9 Å². The van der Waals surface area contributed by atoms with Crippen LogP contribution in [0.25, 0.3) is 6.08 Å². The van der Waals surface area contributed by atoms with E-state index in [4.69, 9.17) is 9.47 Å². The summed E-state index contributed by atoms with van der Waals surface area (Å²) in [5, 5.41) is 9.96. The molecule has 1 N–H and O–H groups in total. The van der Waals surface area contributed by atoms with Crippen LogP contribution >= 0.6 is 11.8 Å². The third-order valence-electron chi connectivity index (χ3n) is 3.65. The Morgan fingerprint density at radius 3 is 2.43 bits per heavy atom. The first kappa shape index (κ1) is 15.5. The zero-order valence-corrected chi connectivity index (χ0v) is 13.6. The maximum atomic E-state index is 12.6. The molecule has 1 heterocycles. The molecule has 2 aromatic rings. The molecule has 118 valence electrons. The van der Waals surface area contributed by atoms with Crippen molar-refractivity contribution in [2.75, 3.05) is 20.0 Å². The first-order valence-corrected chi connectivity index (χ1v) is 8.04. The van der Waals surface area contributed by atoms with Crippen molar-refractivity contribution in [3.8, 4) is 17.2 Å². The number of ether oxygens (including phenoxy) is 2. The number of hydrogen-bond acceptors (Lipinski definition) is 5. The Hall–Kier alpha value is -2.40. The highest BCUT2D eigenvalue weighted by Gasteiger charge is 2.22. The zero-order valence-electron chi connectivity index (χ0n) is 12.8. The first-order valence-electron chi connectivity index (χ1n) is 7.06. The third-order valence-corrected chi connectivity index (χ3v) is 4.77. The quantitative estimate of drug-likeness (QED) is 0.869. The van der Waals surface area contributed by atoms with E-state index >= 15 is 0 Å². The molecule has 0 aliphatic carbocycles. The van der Waals surface area contributed by atoms with E-state index in [0.29, 0.717) is 22.8 Å². The van der Waals surface area contributed by atoms with Gasteiger partial charge in [-0.15, -0.1) is 11.8 Å². The maximum Gasteiger partial charge on any atom is 0.200 e. The number of ketones is 1. The van der Waals surface area contributed by atoms with Crippen LogP contribution in [-0.2, 0) is 0 Å². The van der Waals surface area contributed by atoms with Crippen LogP contribution in [0.4, 0.5) is 0 Å². The maximum absolute atomic E-state index is 12.6. The molecular weight excluding hydrogens is 312 g/mol. The van der Waals surface area contributed by atoms with E-state index in [0.717, 1.165) is 16.0 Å². The van der Waals surface area contributed by atoms with E-state index in [-0.39, 0.29) is 11.5 Å². The lowest BCUT2D eigenvalue weighted by atomic mass is 10.0. The molecule has 3 rings (SSSR count). The fraction of sp³-hybridized carbons (Fsp3) is 0.167. The van der Waals surface area contributed by atoms with Gasteiger partial charge in [-0.25, -0.2) is 0 Å². The largest absolute Gasteiger partial charge is 0.502 e. The predicted molar refractivity (Wildman–Crippen MR) is 90.7 cm³/mol. The number of Topliss-reactive ketones (excluding diaryl/α,β-unsaturated/α-hetero) is 1. The van der Waals surface area contributed by atoms with Gasteiger partial charge in [0.1, 0.15) is 0 Å². The Balaban J connectivity index is 2.01. The average molecular weight is 328 g/mol. The van der Waals surface area contributed by atoms with Crippen molar-refractivity contribution in [2.24, 2.45) is 0 Å². The number of carbonyl (C=O) groups excluding carboxylic acids is 1. The van der Waals surface area contributed by atoms with Gasteiger partial charge in [0.25, 0.3) is 0 Å². The SMILES string of the molecule is COc1cc(/C=C2/CSc3ccccc3C2=O)cc(OC)c1O. The standard InChI is InChI=1S/C18H16O4S/c1-21-14-8-11(9-15(22-2)18(14)20)7-12-10-23-16-6-4-3-5-13(16)17(12)19/h3-9,20H,10H2,1-2H3/b12-7-. The van der Waals surface area contributed by atoms with E-state index < -0.39 is 0 Å². The van der Waals surface area contributed by atoms with Crippen LogP contribution < -0.4 is 9.47 Å². The topological polar surface area (TPSA) is 55.8 Å². The van der Waals surface area contributed by atoms with E-state index in [2.05, 4.69) is 0 Å². The lowest BCUT2D eigenvalue weighted by Gasteiger charge is -2.17. The Labute approximate surface area is 138 Å². The number of hydrogen-bond donors (Lipinski definition) is 1. The second kappa shape index (κ2) is 6.38. The van der Waals surface area contributed by atoms with Gasteiger partial charge in [0.2, 0.25) is 5.75 Å². The van der Waals surface area contributed by atoms with E-state index in [1.807, 2.05) is 30.3 Å². The number of phenols is 1. The van der Waals surface area contributed by atoms with Crippen LogP contribution in [0.5, 0.6) is 17.2 Å². The number of carbonyl (C=O) groups is 1. The normalized spacial score (nSPS) is 15.4. The molecule has 0 atom stereocenters. The number of aromatic hydroxyl groups is 1. The number of methoxy groups -OCH3 is 2. The van der Waals surface area contributed by atoms with Crippen molar-refractivity contribution in [3.05, 3.63) is 53.1 Å². The number of thioether (sulfide) groups is 1. The highest BCUT2D eigenvalue weighted by atomic mass is 32.2. The Bertz CT molecular complexity index is 770. The van der Waals surface area contributed by atoms with E-state index in [1.165, 1.54) is 14.2 Å². The minimum atomic E-state index is -0.0492. The van der Waals surface area contributed by atoms with Gasteiger partial charge in [0.05, 0.1) is 14.2 Å². The zero-order chi connectivity index (χ0) is 16.4. The summed E-state index contributed by atoms with van der Waals surface area (Å²) in [6.07, 6.45) is 1.82. The molecule has 0 amide bonds. The Kier molecular flexibility index (Phi) is 4.30. The lowest BCUT2D eigenvalue weighted by Crippen LogP contribution is -2.12. The van der Waals surface area contributed by atoms with Crippen LogP contribution in [0.3, 0.4) is 0 Å². The summed E-state index contributed by atoms with van der Waals surface area (Å²) in [6, 6.07) is 11.0. The molecule has 0 radical (unpaired) electrons. The van der Waals surface area contributed by atoms with Crippen molar-refractivity contribution in [1.82, 2.24) is 0 Å². The molecule has 1 aliphatic heterocycles. The molecule has 0 bridgehead atoms. The minimum absolute atomic E-state index is 0.0327. The molecule has 0 spiro atoms. The molecule has 23 heavy (non-hydrogen) atoms. The fourth-order valence-electron chi connectivity index (χ4n) is 2.48. The average Bonchev–Trinajstić information content (AvgIpc) is 2.59. The summed E-state index contributed by atoms with van der Waals surface area (Å²) in [5.41, 5.74) is 2.19. The summed E-state index contributed by atoms with van der Waals surface area (Å²) in [7, 11) is 2.95. The number of phenolic OH excluding ortho intramolecular Hbond substituents is 1. The summed E-state index contributed by atoms with van der Waals surface area (Å²) >= 11 is 1.64. The number of benzene rings is 2. The first-order chi connectivity index (χ1) is 11.1. The molecule has 5 heteroatoms. The van der Waals surface area contributed by atoms with Crippen molar-refractivity contribution >= 4 is 23.6 Å². The minimum Gasteiger partial charge on any atom is -0.502 e. The van der Waals surface area contributed by atoms with Gasteiger partial charge in [-0.1, -0.05) is 12.1 Å². The van der Waals surface area contributed by atoms with Crippen molar-refractivity contribution in [1.29, 1.82) is 0 Å². The van der Waals surface area contributed by atoms with E-state index in [9.17, 15) is 9.90 Å². The smallest absolute Gasteiger partial charge is 0.200 e. The second-order valence-electron chi connectivity index (χ2n) is 5.06. The van der Waals surface area contributed by atoms with Crippen LogP contribution in [-0.4, -0.2) is 30.9 Å². The Morgan fingerprint density at radius 1 is 1.13 bits per heavy atom. The fourth-order valence-corrected chi connectivity index (χ4v) is 3.50. The summed E-state index contributed by atoms with van der Waals surface area (Å²) in [4.78, 5) is 13.6. The molecule has 0 aromatic heterocycles. The summed E-state index contributed by atoms with van der Waals surface area (Å²) < 4.78 is 10.3. The lowest BCUT2D eigenvalue weighted by molar-refractivity contribution is 0.103. The highest BCUT2D eigenvalue weighted by Crippen LogP contribution is 2.39. The van der Waals surface area contributed by atoms with Crippen molar-refractivity contribution < 1.29 is 19.4 Å². The monoisotopic (exact) mass is 328 g/mol. The van der Waals surface area contributed by atoms with Gasteiger partial charge in [0, 0.05) is 21.8 Å². The van der Waals surface area contributed by atoms with Gasteiger partial charge in [-0.3, -0.25) is 4.79 Å². The number of fused-ring (bicyclic) bond motifs is 1. The van der Waals surface area contributed by atoms with Gasteiger partial charge >= 0.3 is 0 Å². The van der Waals surface area contributed by atoms with E-state index in [1.54, 1.807) is 23.9 Å². The molecule has 0 unspecified atom stereocenters. The van der Waals surface area contributed by atoms with Crippen molar-refractivity contribution in [2.45, 2.75) is 4.90 Å². The van der Waals surface area contributed by atoms with Gasteiger partial charge < -0.3 is 14.6 Å². The third kappa shape index (κ3) is 2.92. The van der Waals surface area contributed by atoms with Crippen LogP contribution in [0, 0.1) is 0 Å². The molecule has 1 aliphatic rings. The van der Waals surface area contributed by atoms with Gasteiger partial charge in [0.15, 0.2) is 17.3 Å². The molecular formula is C18H16O4S. The number of rotatable bonds is 3. The predicted octanol–water partition coefficient (Wildman–Crippen LogP) is 3.78. The Morgan fingerprint density at radius 2 is 1.78 bits per heavy atom. The molecule has 0 fully saturated rings. The molecule has 0 saturated carbocycles. The second-order valence-corrected chi connectivity index (χ2v) is 6.07. The van der Waals surface area contributed by atoms with Crippen LogP contribution in [0.15, 0.2) is 46.9 Å². The highest BCUT2D eigenvalue weighted by molar-refractivity contribution is 7.99. The molecule has 4 nitrogen and oxygen atoms in total. The molecule has 0 saturated heterocycles. The summed E-state index contributed by atoms with van der Waals surface area (Å²) in [5.74, 6) is 1.22. The summed E-state index contributed by atoms with van der Waals surface area (Å²) in [6.45, 7) is 0. The van der Waals surface area contributed by atoms with Crippen molar-refractivity contribution in [3.63, 3.8) is 0 Å². The van der Waals surface area contributed by atoms with Crippen LogP contribution in [0.2, 0.25) is 0 Å². The van der Waals surface area contributed by atoms with Gasteiger partial charge in [-0.2, -0.15) is 0 Å². The van der Waals surface area contributed by atoms with Crippen LogP contribution in [0.1, 0.15) is 15.9 Å².